The molecule has 2 heterocycles. The Hall–Kier alpha value is -2.25. The quantitative estimate of drug-likeness (QED) is 0.741. The first-order valence-electron chi connectivity index (χ1n) is 9.00. The fourth-order valence-electron chi connectivity index (χ4n) is 3.76. The maximum atomic E-state index is 13.6. The SMILES string of the molecule is COC(=O)C1=C(C2CC(C)C2)NC(c2nccs2)=NC1c1ccc(F)cc1Cl. The van der Waals surface area contributed by atoms with Gasteiger partial charge < -0.3 is 10.1 Å². The lowest BCUT2D eigenvalue weighted by Crippen LogP contribution is -2.40. The Morgan fingerprint density at radius 2 is 2.18 bits per heavy atom. The van der Waals surface area contributed by atoms with Crippen molar-refractivity contribution >= 4 is 34.7 Å². The molecule has 0 radical (unpaired) electrons. The van der Waals surface area contributed by atoms with Gasteiger partial charge in [0.05, 0.1) is 12.7 Å². The molecule has 2 aliphatic rings. The maximum Gasteiger partial charge on any atom is 0.338 e. The molecule has 1 N–H and O–H groups in total. The summed E-state index contributed by atoms with van der Waals surface area (Å²) >= 11 is 7.78. The molecule has 1 unspecified atom stereocenters. The summed E-state index contributed by atoms with van der Waals surface area (Å²) < 4.78 is 18.7. The first kappa shape index (κ1) is 19.1. The van der Waals surface area contributed by atoms with Crippen LogP contribution >= 0.6 is 22.9 Å². The molecule has 8 heteroatoms. The lowest BCUT2D eigenvalue weighted by molar-refractivity contribution is -0.136. The number of rotatable bonds is 4. The van der Waals surface area contributed by atoms with E-state index in [4.69, 9.17) is 21.3 Å². The summed E-state index contributed by atoms with van der Waals surface area (Å²) in [6.07, 6.45) is 3.64. The molecule has 0 saturated heterocycles. The molecule has 4 rings (SSSR count). The molecule has 1 fully saturated rings. The van der Waals surface area contributed by atoms with Gasteiger partial charge in [-0.05, 0) is 30.9 Å². The van der Waals surface area contributed by atoms with Crippen LogP contribution in [-0.2, 0) is 9.53 Å². The highest BCUT2D eigenvalue weighted by Crippen LogP contribution is 2.44. The highest BCUT2D eigenvalue weighted by Gasteiger charge is 2.39. The minimum atomic E-state index is -0.688. The molecular formula is C20H19ClFN3O2S. The van der Waals surface area contributed by atoms with Gasteiger partial charge in [-0.1, -0.05) is 24.6 Å². The molecule has 1 saturated carbocycles. The summed E-state index contributed by atoms with van der Waals surface area (Å²) in [5, 5.41) is 6.14. The zero-order valence-electron chi connectivity index (χ0n) is 15.4. The Balaban J connectivity index is 1.87. The van der Waals surface area contributed by atoms with Gasteiger partial charge in [-0.25, -0.2) is 14.2 Å². The molecule has 0 amide bonds. The summed E-state index contributed by atoms with van der Waals surface area (Å²) in [5.74, 6) is 0.477. The summed E-state index contributed by atoms with van der Waals surface area (Å²) in [6.45, 7) is 2.18. The van der Waals surface area contributed by atoms with Crippen LogP contribution in [0.15, 0.2) is 46.0 Å². The van der Waals surface area contributed by atoms with Gasteiger partial charge in [0.2, 0.25) is 0 Å². The van der Waals surface area contributed by atoms with E-state index in [2.05, 4.69) is 17.2 Å². The van der Waals surface area contributed by atoms with E-state index in [0.29, 0.717) is 22.9 Å². The predicted octanol–water partition coefficient (Wildman–Crippen LogP) is 4.50. The first-order chi connectivity index (χ1) is 13.5. The van der Waals surface area contributed by atoms with Gasteiger partial charge in [-0.3, -0.25) is 4.99 Å². The molecule has 1 aliphatic carbocycles. The minimum absolute atomic E-state index is 0.205. The lowest BCUT2D eigenvalue weighted by Gasteiger charge is -2.38. The summed E-state index contributed by atoms with van der Waals surface area (Å²) in [6, 6.07) is 3.44. The zero-order valence-corrected chi connectivity index (χ0v) is 17.0. The van der Waals surface area contributed by atoms with Crippen molar-refractivity contribution in [3.8, 4) is 0 Å². The van der Waals surface area contributed by atoms with Crippen molar-refractivity contribution in [1.29, 1.82) is 0 Å². The Morgan fingerprint density at radius 3 is 2.79 bits per heavy atom. The number of halogens is 2. The Kier molecular flexibility index (Phi) is 5.21. The van der Waals surface area contributed by atoms with Gasteiger partial charge in [0.1, 0.15) is 11.9 Å². The number of benzene rings is 1. The average molecular weight is 420 g/mol. The number of aromatic nitrogens is 1. The number of carbonyl (C=O) groups is 1. The van der Waals surface area contributed by atoms with Crippen molar-refractivity contribution in [3.63, 3.8) is 0 Å². The highest BCUT2D eigenvalue weighted by molar-refractivity contribution is 7.11. The van der Waals surface area contributed by atoms with Crippen LogP contribution in [0.1, 0.15) is 36.4 Å². The van der Waals surface area contributed by atoms with E-state index in [1.165, 1.54) is 30.6 Å². The highest BCUT2D eigenvalue weighted by atomic mass is 35.5. The van der Waals surface area contributed by atoms with Gasteiger partial charge in [0.25, 0.3) is 0 Å². The molecular weight excluding hydrogens is 401 g/mol. The van der Waals surface area contributed by atoms with Crippen LogP contribution in [0, 0.1) is 17.7 Å². The molecule has 1 aromatic heterocycles. The van der Waals surface area contributed by atoms with E-state index in [1.807, 2.05) is 5.38 Å². The van der Waals surface area contributed by atoms with Crippen LogP contribution < -0.4 is 5.32 Å². The molecule has 1 aromatic carbocycles. The topological polar surface area (TPSA) is 63.6 Å². The van der Waals surface area contributed by atoms with Crippen LogP contribution in [0.2, 0.25) is 5.02 Å². The van der Waals surface area contributed by atoms with Crippen LogP contribution in [-0.4, -0.2) is 23.9 Å². The van der Waals surface area contributed by atoms with E-state index < -0.39 is 17.8 Å². The van der Waals surface area contributed by atoms with Gasteiger partial charge in [-0.2, -0.15) is 0 Å². The second kappa shape index (κ2) is 7.64. The number of nitrogens with zero attached hydrogens (tertiary/aromatic N) is 2. The number of amidine groups is 1. The number of ether oxygens (including phenoxy) is 1. The van der Waals surface area contributed by atoms with E-state index >= 15 is 0 Å². The predicted molar refractivity (Wildman–Crippen MR) is 107 cm³/mol. The van der Waals surface area contributed by atoms with Crippen molar-refractivity contribution in [3.05, 3.63) is 62.5 Å². The standard InChI is InChI=1S/C20H19ClFN3O2S/c1-10-7-11(8-10)16-15(20(26)27-2)17(13-4-3-12(22)9-14(13)21)25-18(24-16)19-23-5-6-28-19/h3-6,9-11,17H,7-8H2,1-2H3,(H,24,25). The monoisotopic (exact) mass is 419 g/mol. The van der Waals surface area contributed by atoms with Gasteiger partial charge in [0.15, 0.2) is 10.8 Å². The Bertz CT molecular complexity index is 968. The third-order valence-corrected chi connectivity index (χ3v) is 6.26. The number of nitrogens with one attached hydrogen (secondary N) is 1. The molecule has 1 aliphatic heterocycles. The van der Waals surface area contributed by atoms with Crippen molar-refractivity contribution in [2.75, 3.05) is 7.11 Å². The number of methoxy groups -OCH3 is 1. The van der Waals surface area contributed by atoms with E-state index in [-0.39, 0.29) is 10.9 Å². The summed E-state index contributed by atoms with van der Waals surface area (Å²) in [4.78, 5) is 21.8. The van der Waals surface area contributed by atoms with Gasteiger partial charge in [0, 0.05) is 33.8 Å². The number of hydrogen-bond donors (Lipinski definition) is 1. The number of hydrogen-bond acceptors (Lipinski definition) is 6. The number of aliphatic imine (C=N–C) groups is 1. The first-order valence-corrected chi connectivity index (χ1v) is 10.3. The van der Waals surface area contributed by atoms with E-state index in [1.54, 1.807) is 12.3 Å². The fraction of sp³-hybridized carbons (Fsp3) is 0.350. The number of esters is 1. The van der Waals surface area contributed by atoms with Crippen LogP contribution in [0.25, 0.3) is 0 Å². The molecule has 28 heavy (non-hydrogen) atoms. The smallest absolute Gasteiger partial charge is 0.338 e. The van der Waals surface area contributed by atoms with E-state index in [9.17, 15) is 9.18 Å². The Morgan fingerprint density at radius 1 is 1.39 bits per heavy atom. The van der Waals surface area contributed by atoms with Crippen molar-refractivity contribution in [2.24, 2.45) is 16.8 Å². The molecule has 0 bridgehead atoms. The van der Waals surface area contributed by atoms with Crippen molar-refractivity contribution in [1.82, 2.24) is 10.3 Å². The van der Waals surface area contributed by atoms with Crippen molar-refractivity contribution in [2.45, 2.75) is 25.8 Å². The molecule has 2 aromatic rings. The van der Waals surface area contributed by atoms with Crippen LogP contribution in [0.4, 0.5) is 4.39 Å². The van der Waals surface area contributed by atoms with Gasteiger partial charge >= 0.3 is 5.97 Å². The average Bonchev–Trinajstić information content (AvgIpc) is 3.19. The molecule has 5 nitrogen and oxygen atoms in total. The zero-order chi connectivity index (χ0) is 19.8. The number of allylic oxidation sites excluding steroid dienone is 1. The third-order valence-electron chi connectivity index (χ3n) is 5.15. The van der Waals surface area contributed by atoms with Crippen molar-refractivity contribution < 1.29 is 13.9 Å². The van der Waals surface area contributed by atoms with Crippen LogP contribution in [0.5, 0.6) is 0 Å². The van der Waals surface area contributed by atoms with Gasteiger partial charge in [-0.15, -0.1) is 11.3 Å². The minimum Gasteiger partial charge on any atom is -0.466 e. The summed E-state index contributed by atoms with van der Waals surface area (Å²) in [7, 11) is 1.35. The largest absolute Gasteiger partial charge is 0.466 e. The lowest BCUT2D eigenvalue weighted by atomic mass is 9.72. The molecule has 146 valence electrons. The summed E-state index contributed by atoms with van der Waals surface area (Å²) in [5.41, 5.74) is 1.78. The second-order valence-corrected chi connectivity index (χ2v) is 8.40. The Labute approximate surface area is 171 Å². The fourth-order valence-corrected chi connectivity index (χ4v) is 4.62. The normalized spacial score (nSPS) is 24.3. The number of carbonyl (C=O) groups excluding carboxylic acids is 1. The van der Waals surface area contributed by atoms with Crippen LogP contribution in [0.3, 0.4) is 0 Å². The number of thiazole rings is 1. The second-order valence-electron chi connectivity index (χ2n) is 7.10. The third kappa shape index (κ3) is 3.44. The van der Waals surface area contributed by atoms with E-state index in [0.717, 1.165) is 23.5 Å². The molecule has 0 spiro atoms. The maximum absolute atomic E-state index is 13.6. The molecule has 1 atom stereocenters.